The molecular weight excluding hydrogens is 532 g/mol. The fraction of sp³-hybridized carbons (Fsp3) is 0.257. The summed E-state index contributed by atoms with van der Waals surface area (Å²) in [4.78, 5) is 1.09. The van der Waals surface area contributed by atoms with E-state index < -0.39 is 24.4 Å². The highest BCUT2D eigenvalue weighted by atomic mass is 32.2. The van der Waals surface area contributed by atoms with Gasteiger partial charge in [-0.3, -0.25) is 0 Å². The Morgan fingerprint density at radius 1 is 0.634 bits per heavy atom. The summed E-state index contributed by atoms with van der Waals surface area (Å²) in [6.07, 6.45) is 0.138. The second-order valence-corrected chi connectivity index (χ2v) is 11.0. The van der Waals surface area contributed by atoms with E-state index in [4.69, 9.17) is 23.7 Å². The van der Waals surface area contributed by atoms with Crippen molar-refractivity contribution in [3.05, 3.63) is 145 Å². The van der Waals surface area contributed by atoms with Crippen LogP contribution >= 0.6 is 11.8 Å². The molecule has 1 aliphatic rings. The molecule has 4 aromatic carbocycles. The summed E-state index contributed by atoms with van der Waals surface area (Å²) in [5, 5.41) is 0. The topological polar surface area (TPSA) is 46.2 Å². The van der Waals surface area contributed by atoms with Gasteiger partial charge in [0, 0.05) is 4.90 Å². The number of hydrogen-bond donors (Lipinski definition) is 0. The Morgan fingerprint density at radius 2 is 1.12 bits per heavy atom. The largest absolute Gasteiger partial charge is 0.497 e. The van der Waals surface area contributed by atoms with Gasteiger partial charge >= 0.3 is 0 Å². The standard InChI is InChI=1S/C35H36O5S/c1-3-31-32(37-25-28-19-21-29(36-2)22-20-28)33(38-23-26-13-7-4-8-14-26)34(39-24-27-15-9-5-10-16-27)35(40-31)41-30-17-11-6-12-18-30/h3-22,31-35H,1,23-25H2,2H3/t31-,32-,33+,34-,35+/m1/s1. The first kappa shape index (κ1) is 29.1. The summed E-state index contributed by atoms with van der Waals surface area (Å²) in [5.74, 6) is 0.804. The minimum atomic E-state index is -0.438. The SMILES string of the molecule is C=C[C@H]1O[C@@H](Sc2ccccc2)[C@H](OCc2ccccc2)[C@@H](OCc2ccccc2)[C@@H]1OCc1ccc(OC)cc1. The number of ether oxygens (including phenoxy) is 5. The van der Waals surface area contributed by atoms with Crippen molar-refractivity contribution >= 4 is 11.8 Å². The molecule has 0 aromatic heterocycles. The molecule has 41 heavy (non-hydrogen) atoms. The number of benzene rings is 4. The molecule has 0 radical (unpaired) electrons. The van der Waals surface area contributed by atoms with Crippen LogP contribution in [0.15, 0.2) is 133 Å². The molecule has 5 nitrogen and oxygen atoms in total. The summed E-state index contributed by atoms with van der Waals surface area (Å²) < 4.78 is 31.9. The van der Waals surface area contributed by atoms with Crippen LogP contribution in [-0.2, 0) is 38.8 Å². The van der Waals surface area contributed by atoms with Crippen LogP contribution in [0.1, 0.15) is 16.7 Å². The van der Waals surface area contributed by atoms with Gasteiger partial charge in [-0.2, -0.15) is 0 Å². The molecule has 1 heterocycles. The van der Waals surface area contributed by atoms with E-state index in [-0.39, 0.29) is 5.44 Å². The third-order valence-electron chi connectivity index (χ3n) is 6.93. The molecule has 0 aliphatic carbocycles. The molecular formula is C35H36O5S. The van der Waals surface area contributed by atoms with Crippen LogP contribution in [0.2, 0.25) is 0 Å². The van der Waals surface area contributed by atoms with Gasteiger partial charge in [0.15, 0.2) is 0 Å². The third kappa shape index (κ3) is 8.09. The molecule has 5 rings (SSSR count). The molecule has 0 spiro atoms. The number of rotatable bonds is 13. The average Bonchev–Trinajstić information content (AvgIpc) is 3.04. The Labute approximate surface area is 247 Å². The van der Waals surface area contributed by atoms with Gasteiger partial charge in [-0.25, -0.2) is 0 Å². The zero-order chi connectivity index (χ0) is 28.3. The van der Waals surface area contributed by atoms with Crippen LogP contribution < -0.4 is 4.74 Å². The molecule has 1 saturated heterocycles. The number of hydrogen-bond acceptors (Lipinski definition) is 6. The van der Waals surface area contributed by atoms with Crippen molar-refractivity contribution in [3.63, 3.8) is 0 Å². The molecule has 0 saturated carbocycles. The maximum Gasteiger partial charge on any atom is 0.137 e. The van der Waals surface area contributed by atoms with E-state index >= 15 is 0 Å². The Kier molecular flexibility index (Phi) is 10.7. The lowest BCUT2D eigenvalue weighted by Gasteiger charge is -2.45. The first-order valence-electron chi connectivity index (χ1n) is 13.8. The number of thioether (sulfide) groups is 1. The predicted octanol–water partition coefficient (Wildman–Crippen LogP) is 7.45. The van der Waals surface area contributed by atoms with E-state index in [9.17, 15) is 0 Å². The molecule has 212 valence electrons. The second kappa shape index (κ2) is 15.0. The van der Waals surface area contributed by atoms with E-state index in [0.717, 1.165) is 27.3 Å². The van der Waals surface area contributed by atoms with Crippen LogP contribution in [0.4, 0.5) is 0 Å². The van der Waals surface area contributed by atoms with Gasteiger partial charge in [0.05, 0.1) is 26.9 Å². The molecule has 6 heteroatoms. The molecule has 0 N–H and O–H groups in total. The Bertz CT molecular complexity index is 1320. The Hall–Kier alpha value is -3.39. The van der Waals surface area contributed by atoms with Gasteiger partial charge in [0.25, 0.3) is 0 Å². The minimum Gasteiger partial charge on any atom is -0.497 e. The third-order valence-corrected chi connectivity index (χ3v) is 8.09. The quantitative estimate of drug-likeness (QED) is 0.156. The van der Waals surface area contributed by atoms with Crippen molar-refractivity contribution in [2.45, 2.75) is 54.6 Å². The van der Waals surface area contributed by atoms with E-state index in [2.05, 4.69) is 43.0 Å². The zero-order valence-electron chi connectivity index (χ0n) is 23.2. The van der Waals surface area contributed by atoms with Crippen LogP contribution in [0.3, 0.4) is 0 Å². The van der Waals surface area contributed by atoms with Crippen LogP contribution in [0, 0.1) is 0 Å². The Morgan fingerprint density at radius 3 is 1.66 bits per heavy atom. The van der Waals surface area contributed by atoms with Crippen LogP contribution in [-0.4, -0.2) is 37.0 Å². The van der Waals surface area contributed by atoms with Crippen LogP contribution in [0.5, 0.6) is 5.75 Å². The average molecular weight is 569 g/mol. The molecule has 1 aliphatic heterocycles. The molecule has 0 unspecified atom stereocenters. The van der Waals surface area contributed by atoms with Crippen molar-refractivity contribution < 1.29 is 23.7 Å². The van der Waals surface area contributed by atoms with Crippen molar-refractivity contribution in [2.75, 3.05) is 7.11 Å². The molecule has 5 atom stereocenters. The highest BCUT2D eigenvalue weighted by Crippen LogP contribution is 2.38. The lowest BCUT2D eigenvalue weighted by atomic mass is 9.98. The van der Waals surface area contributed by atoms with E-state index in [0.29, 0.717) is 19.8 Å². The minimum absolute atomic E-state index is 0.342. The monoisotopic (exact) mass is 568 g/mol. The lowest BCUT2D eigenvalue weighted by Crippen LogP contribution is -2.58. The van der Waals surface area contributed by atoms with Gasteiger partial charge in [-0.05, 0) is 41.0 Å². The van der Waals surface area contributed by atoms with Crippen molar-refractivity contribution in [3.8, 4) is 5.75 Å². The summed E-state index contributed by atoms with van der Waals surface area (Å²) in [6.45, 7) is 5.33. The molecule has 0 bridgehead atoms. The summed E-state index contributed by atoms with van der Waals surface area (Å²) in [6, 6.07) is 38.4. The molecule has 4 aromatic rings. The van der Waals surface area contributed by atoms with E-state index in [1.807, 2.05) is 84.9 Å². The molecule has 0 amide bonds. The van der Waals surface area contributed by atoms with E-state index in [1.165, 1.54) is 0 Å². The maximum atomic E-state index is 6.70. The van der Waals surface area contributed by atoms with Crippen LogP contribution in [0.25, 0.3) is 0 Å². The summed E-state index contributed by atoms with van der Waals surface area (Å²) in [7, 11) is 1.66. The maximum absolute atomic E-state index is 6.70. The van der Waals surface area contributed by atoms with Gasteiger partial charge < -0.3 is 23.7 Å². The fourth-order valence-electron chi connectivity index (χ4n) is 4.76. The van der Waals surface area contributed by atoms with Gasteiger partial charge in [0.1, 0.15) is 35.6 Å². The van der Waals surface area contributed by atoms with E-state index in [1.54, 1.807) is 18.9 Å². The predicted molar refractivity (Wildman–Crippen MR) is 163 cm³/mol. The first-order valence-corrected chi connectivity index (χ1v) is 14.7. The highest BCUT2D eigenvalue weighted by Gasteiger charge is 2.47. The second-order valence-electron chi connectivity index (χ2n) is 9.78. The number of methoxy groups -OCH3 is 1. The zero-order valence-corrected chi connectivity index (χ0v) is 24.0. The normalized spacial score (nSPS) is 22.2. The van der Waals surface area contributed by atoms with Crippen molar-refractivity contribution in [1.29, 1.82) is 0 Å². The Balaban J connectivity index is 1.43. The van der Waals surface area contributed by atoms with Crippen molar-refractivity contribution in [1.82, 2.24) is 0 Å². The fourth-order valence-corrected chi connectivity index (χ4v) is 5.89. The van der Waals surface area contributed by atoms with Gasteiger partial charge in [-0.15, -0.1) is 6.58 Å². The van der Waals surface area contributed by atoms with Gasteiger partial charge in [-0.1, -0.05) is 109 Å². The lowest BCUT2D eigenvalue weighted by molar-refractivity contribution is -0.236. The summed E-state index contributed by atoms with van der Waals surface area (Å²) in [5.41, 5.74) is 2.85. The van der Waals surface area contributed by atoms with Crippen molar-refractivity contribution in [2.24, 2.45) is 0 Å². The first-order chi connectivity index (χ1) is 20.2. The highest BCUT2D eigenvalue weighted by molar-refractivity contribution is 7.99. The van der Waals surface area contributed by atoms with Gasteiger partial charge in [0.2, 0.25) is 0 Å². The smallest absolute Gasteiger partial charge is 0.137 e. The summed E-state index contributed by atoms with van der Waals surface area (Å²) >= 11 is 1.63. The molecule has 1 fully saturated rings.